The summed E-state index contributed by atoms with van der Waals surface area (Å²) in [6, 6.07) is 12.7. The third-order valence-electron chi connectivity index (χ3n) is 4.82. The van der Waals surface area contributed by atoms with E-state index >= 15 is 0 Å². The number of likely N-dealkylation sites (N-methyl/N-ethyl adjacent to an activating group) is 1. The van der Waals surface area contributed by atoms with Crippen molar-refractivity contribution in [3.63, 3.8) is 0 Å². The third kappa shape index (κ3) is 4.49. The molecule has 1 heterocycles. The van der Waals surface area contributed by atoms with Crippen LogP contribution in [0.4, 0.5) is 5.69 Å². The summed E-state index contributed by atoms with van der Waals surface area (Å²) in [6.45, 7) is 3.93. The average molecular weight is 460 g/mol. The second-order valence-corrected chi connectivity index (χ2v) is 8.97. The summed E-state index contributed by atoms with van der Waals surface area (Å²) in [5.41, 5.74) is 3.42. The zero-order valence-corrected chi connectivity index (χ0v) is 19.0. The maximum Gasteiger partial charge on any atom is 0.264 e. The second kappa shape index (κ2) is 9.13. The summed E-state index contributed by atoms with van der Waals surface area (Å²) < 4.78 is 0. The van der Waals surface area contributed by atoms with Gasteiger partial charge < -0.3 is 5.32 Å². The van der Waals surface area contributed by atoms with Gasteiger partial charge in [-0.05, 0) is 67.3 Å². The normalized spacial score (nSPS) is 17.7. The number of anilines is 1. The van der Waals surface area contributed by atoms with E-state index in [0.29, 0.717) is 27.2 Å². The topological polar surface area (TPSA) is 73.2 Å². The van der Waals surface area contributed by atoms with Crippen LogP contribution in [0, 0.1) is 25.2 Å². The number of rotatable bonds is 4. The molecule has 2 amide bonds. The van der Waals surface area contributed by atoms with E-state index in [1.807, 2.05) is 38.1 Å². The summed E-state index contributed by atoms with van der Waals surface area (Å²) in [6.07, 6.45) is 0.362. The molecule has 0 radical (unpaired) electrons. The number of hydrogen-bond acceptors (Lipinski definition) is 4. The highest BCUT2D eigenvalue weighted by atomic mass is 35.5. The van der Waals surface area contributed by atoms with Crippen LogP contribution >= 0.6 is 35.0 Å². The maximum atomic E-state index is 13.4. The van der Waals surface area contributed by atoms with Gasteiger partial charge in [-0.1, -0.05) is 41.0 Å². The minimum Gasteiger partial charge on any atom is -0.354 e. The lowest BCUT2D eigenvalue weighted by Gasteiger charge is -2.19. The largest absolute Gasteiger partial charge is 0.354 e. The second-order valence-electron chi connectivity index (χ2n) is 6.90. The standard InChI is InChI=1S/C22H19Cl2N3O2S/c1-12-4-5-17(6-13(12)2)27-21(29)19(9-14-7-15(23)10-16(24)8-14)30-22(27)18(11-25)20(28)26-3/h4-8,10,19H,9H2,1-3H3,(H,26,28)/b22-18-. The number of amides is 2. The quantitative estimate of drug-likeness (QED) is 0.527. The van der Waals surface area contributed by atoms with Crippen molar-refractivity contribution in [2.24, 2.45) is 0 Å². The van der Waals surface area contributed by atoms with Crippen LogP contribution in [0.15, 0.2) is 47.0 Å². The minimum absolute atomic E-state index is 0.0966. The van der Waals surface area contributed by atoms with Crippen molar-refractivity contribution in [2.45, 2.75) is 25.5 Å². The summed E-state index contributed by atoms with van der Waals surface area (Å²) >= 11 is 13.4. The molecule has 154 valence electrons. The van der Waals surface area contributed by atoms with Crippen molar-refractivity contribution in [1.82, 2.24) is 5.32 Å². The van der Waals surface area contributed by atoms with Crippen LogP contribution in [0.1, 0.15) is 16.7 Å². The Morgan fingerprint density at radius 1 is 1.17 bits per heavy atom. The lowest BCUT2D eigenvalue weighted by Crippen LogP contribution is -2.31. The molecule has 2 aromatic carbocycles. The SMILES string of the molecule is CNC(=O)/C(C#N)=C1\SC(Cc2cc(Cl)cc(Cl)c2)C(=O)N1c1ccc(C)c(C)c1. The van der Waals surface area contributed by atoms with Crippen LogP contribution in [-0.2, 0) is 16.0 Å². The number of halogens is 2. The molecule has 2 aromatic rings. The van der Waals surface area contributed by atoms with Crippen molar-refractivity contribution in [1.29, 1.82) is 5.26 Å². The van der Waals surface area contributed by atoms with Crippen LogP contribution in [0.2, 0.25) is 10.0 Å². The van der Waals surface area contributed by atoms with Crippen LogP contribution in [0.3, 0.4) is 0 Å². The maximum absolute atomic E-state index is 13.4. The lowest BCUT2D eigenvalue weighted by atomic mass is 10.1. The van der Waals surface area contributed by atoms with Crippen LogP contribution in [-0.4, -0.2) is 24.1 Å². The zero-order chi connectivity index (χ0) is 22.0. The van der Waals surface area contributed by atoms with Gasteiger partial charge in [0.2, 0.25) is 5.91 Å². The molecule has 0 aliphatic carbocycles. The summed E-state index contributed by atoms with van der Waals surface area (Å²) in [7, 11) is 1.45. The van der Waals surface area contributed by atoms with E-state index in [2.05, 4.69) is 5.32 Å². The Hall–Kier alpha value is -2.46. The Labute approximate surface area is 189 Å². The lowest BCUT2D eigenvalue weighted by molar-refractivity contribution is -0.117. The fraction of sp³-hybridized carbons (Fsp3) is 0.227. The predicted molar refractivity (Wildman–Crippen MR) is 122 cm³/mol. The van der Waals surface area contributed by atoms with Gasteiger partial charge in [0.1, 0.15) is 16.7 Å². The molecule has 8 heteroatoms. The van der Waals surface area contributed by atoms with Gasteiger partial charge >= 0.3 is 0 Å². The first kappa shape index (κ1) is 22.2. The van der Waals surface area contributed by atoms with Crippen molar-refractivity contribution >= 4 is 52.5 Å². The van der Waals surface area contributed by atoms with Crippen molar-refractivity contribution < 1.29 is 9.59 Å². The zero-order valence-electron chi connectivity index (χ0n) is 16.6. The van der Waals surface area contributed by atoms with E-state index in [9.17, 15) is 14.9 Å². The number of nitrogens with one attached hydrogen (secondary N) is 1. The number of nitriles is 1. The third-order valence-corrected chi connectivity index (χ3v) is 6.52. The Balaban J connectivity index is 2.08. The highest BCUT2D eigenvalue weighted by Gasteiger charge is 2.40. The highest BCUT2D eigenvalue weighted by molar-refractivity contribution is 8.05. The molecule has 3 rings (SSSR count). The van der Waals surface area contributed by atoms with Gasteiger partial charge in [-0.25, -0.2) is 0 Å². The Morgan fingerprint density at radius 3 is 2.40 bits per heavy atom. The van der Waals surface area contributed by atoms with E-state index in [4.69, 9.17) is 23.2 Å². The van der Waals surface area contributed by atoms with Crippen molar-refractivity contribution in [3.8, 4) is 6.07 Å². The summed E-state index contributed by atoms with van der Waals surface area (Å²) in [5, 5.41) is 12.9. The number of hydrogen-bond donors (Lipinski definition) is 1. The van der Waals surface area contributed by atoms with E-state index in [1.54, 1.807) is 18.2 Å². The van der Waals surface area contributed by atoms with Crippen LogP contribution in [0.5, 0.6) is 0 Å². The van der Waals surface area contributed by atoms with E-state index in [-0.39, 0.29) is 11.5 Å². The van der Waals surface area contributed by atoms with Gasteiger partial charge in [0.15, 0.2) is 0 Å². The Morgan fingerprint density at radius 2 is 1.83 bits per heavy atom. The molecule has 1 aliphatic rings. The summed E-state index contributed by atoms with van der Waals surface area (Å²) in [5.74, 6) is -0.737. The van der Waals surface area contributed by atoms with Gasteiger partial charge in [0, 0.05) is 22.8 Å². The fourth-order valence-electron chi connectivity index (χ4n) is 3.15. The first-order valence-electron chi connectivity index (χ1n) is 9.14. The smallest absolute Gasteiger partial charge is 0.264 e. The molecular weight excluding hydrogens is 441 g/mol. The molecule has 0 aromatic heterocycles. The number of thioether (sulfide) groups is 1. The average Bonchev–Trinajstić information content (AvgIpc) is 2.99. The molecule has 1 atom stereocenters. The number of aryl methyl sites for hydroxylation is 2. The van der Waals surface area contributed by atoms with Crippen LogP contribution < -0.4 is 10.2 Å². The van der Waals surface area contributed by atoms with Gasteiger partial charge in [-0.15, -0.1) is 0 Å². The molecular formula is C22H19Cl2N3O2S. The number of carbonyl (C=O) groups excluding carboxylic acids is 2. The molecule has 1 fully saturated rings. The molecule has 30 heavy (non-hydrogen) atoms. The molecule has 0 spiro atoms. The Bertz CT molecular complexity index is 1090. The van der Waals surface area contributed by atoms with Crippen molar-refractivity contribution in [3.05, 3.63) is 73.7 Å². The molecule has 1 saturated heterocycles. The Kier molecular flexibility index (Phi) is 6.77. The molecule has 5 nitrogen and oxygen atoms in total. The predicted octanol–water partition coefficient (Wildman–Crippen LogP) is 4.78. The number of carbonyl (C=O) groups is 2. The van der Waals surface area contributed by atoms with Gasteiger partial charge in [-0.3, -0.25) is 14.5 Å². The number of benzene rings is 2. The first-order chi connectivity index (χ1) is 14.2. The van der Waals surface area contributed by atoms with E-state index in [1.165, 1.54) is 23.7 Å². The van der Waals surface area contributed by atoms with E-state index < -0.39 is 11.2 Å². The molecule has 1 aliphatic heterocycles. The van der Waals surface area contributed by atoms with Gasteiger partial charge in [-0.2, -0.15) is 5.26 Å². The first-order valence-corrected chi connectivity index (χ1v) is 10.8. The molecule has 0 bridgehead atoms. The monoisotopic (exact) mass is 459 g/mol. The number of nitrogens with zero attached hydrogens (tertiary/aromatic N) is 2. The molecule has 1 N–H and O–H groups in total. The minimum atomic E-state index is -0.534. The summed E-state index contributed by atoms with van der Waals surface area (Å²) in [4.78, 5) is 27.2. The van der Waals surface area contributed by atoms with Crippen LogP contribution in [0.25, 0.3) is 0 Å². The van der Waals surface area contributed by atoms with Gasteiger partial charge in [0.25, 0.3) is 5.91 Å². The molecule has 0 saturated carbocycles. The fourth-order valence-corrected chi connectivity index (χ4v) is 5.03. The highest BCUT2D eigenvalue weighted by Crippen LogP contribution is 2.42. The van der Waals surface area contributed by atoms with Crippen molar-refractivity contribution in [2.75, 3.05) is 11.9 Å². The van der Waals surface area contributed by atoms with Gasteiger partial charge in [0.05, 0.1) is 5.25 Å². The molecule has 1 unspecified atom stereocenters. The van der Waals surface area contributed by atoms with E-state index in [0.717, 1.165) is 16.7 Å².